The maximum atomic E-state index is 6.00. The van der Waals surface area contributed by atoms with Gasteiger partial charge >= 0.3 is 0 Å². The lowest BCUT2D eigenvalue weighted by molar-refractivity contribution is -0.0828. The zero-order valence-corrected chi connectivity index (χ0v) is 16.2. The van der Waals surface area contributed by atoms with E-state index in [4.69, 9.17) is 15.2 Å². The number of hydrogen-bond donors (Lipinski definition) is 2. The van der Waals surface area contributed by atoms with E-state index in [1.807, 2.05) is 0 Å². The molecule has 22 heavy (non-hydrogen) atoms. The second kappa shape index (κ2) is 9.89. The van der Waals surface area contributed by atoms with Crippen LogP contribution in [0, 0.1) is 0 Å². The molecule has 2 aliphatic rings. The molecule has 2 saturated heterocycles. The van der Waals surface area contributed by atoms with Crippen LogP contribution in [0.2, 0.25) is 0 Å². The van der Waals surface area contributed by atoms with Crippen LogP contribution in [0.5, 0.6) is 0 Å². The van der Waals surface area contributed by atoms with Crippen molar-refractivity contribution in [1.29, 1.82) is 0 Å². The Kier molecular flexibility index (Phi) is 8.96. The first-order chi connectivity index (χ1) is 10.2. The van der Waals surface area contributed by atoms with Crippen molar-refractivity contribution in [2.45, 2.75) is 44.2 Å². The Morgan fingerprint density at radius 1 is 1.45 bits per heavy atom. The normalized spacial score (nSPS) is 25.7. The van der Waals surface area contributed by atoms with Crippen LogP contribution in [-0.4, -0.2) is 69.0 Å². The van der Waals surface area contributed by atoms with Gasteiger partial charge in [-0.2, -0.15) is 0 Å². The van der Waals surface area contributed by atoms with Crippen LogP contribution in [0.25, 0.3) is 0 Å². The van der Waals surface area contributed by atoms with Gasteiger partial charge in [-0.05, 0) is 25.9 Å². The first kappa shape index (κ1) is 19.9. The van der Waals surface area contributed by atoms with Crippen molar-refractivity contribution < 1.29 is 9.47 Å². The summed E-state index contributed by atoms with van der Waals surface area (Å²) >= 11 is 0. The topological polar surface area (TPSA) is 72.1 Å². The van der Waals surface area contributed by atoms with Gasteiger partial charge in [-0.3, -0.25) is 9.89 Å². The maximum Gasteiger partial charge on any atom is 0.188 e. The first-order valence-corrected chi connectivity index (χ1v) is 8.10. The third-order valence-electron chi connectivity index (χ3n) is 4.80. The molecule has 0 saturated carbocycles. The lowest BCUT2D eigenvalue weighted by atomic mass is 9.94. The summed E-state index contributed by atoms with van der Waals surface area (Å²) in [5.74, 6) is 0.529. The third-order valence-corrected chi connectivity index (χ3v) is 4.80. The summed E-state index contributed by atoms with van der Waals surface area (Å²) in [6.45, 7) is 7.49. The van der Waals surface area contributed by atoms with Crippen LogP contribution in [-0.2, 0) is 9.47 Å². The van der Waals surface area contributed by atoms with E-state index < -0.39 is 0 Å². The average molecular weight is 426 g/mol. The second-order valence-electron chi connectivity index (χ2n) is 6.01. The van der Waals surface area contributed by atoms with Crippen molar-refractivity contribution in [1.82, 2.24) is 10.2 Å². The minimum Gasteiger partial charge on any atom is -0.381 e. The van der Waals surface area contributed by atoms with E-state index in [1.165, 1.54) is 19.4 Å². The molecule has 2 heterocycles. The van der Waals surface area contributed by atoms with Gasteiger partial charge in [-0.1, -0.05) is 6.92 Å². The summed E-state index contributed by atoms with van der Waals surface area (Å²) in [6, 6.07) is 0.586. The SMILES string of the molecule is CCN1CCCC1CNC(N)=NCC1(OC)CCOCC1.I. The standard InChI is InChI=1S/C15H30N4O2.HI/c1-3-19-8-4-5-13(19)11-17-14(16)18-12-15(20-2)6-9-21-10-7-15;/h13H,3-12H2,1-2H3,(H3,16,17,18);1H. The van der Waals surface area contributed by atoms with E-state index in [9.17, 15) is 0 Å². The van der Waals surface area contributed by atoms with Crippen LogP contribution in [0.15, 0.2) is 4.99 Å². The van der Waals surface area contributed by atoms with Gasteiger partial charge in [0.15, 0.2) is 5.96 Å². The van der Waals surface area contributed by atoms with Crippen LogP contribution in [0.4, 0.5) is 0 Å². The largest absolute Gasteiger partial charge is 0.381 e. The molecule has 0 bridgehead atoms. The first-order valence-electron chi connectivity index (χ1n) is 8.10. The molecule has 0 spiro atoms. The molecule has 2 aliphatic heterocycles. The van der Waals surface area contributed by atoms with Crippen LogP contribution in [0.3, 0.4) is 0 Å². The molecule has 0 radical (unpaired) electrons. The molecule has 130 valence electrons. The molecule has 7 heteroatoms. The summed E-state index contributed by atoms with van der Waals surface area (Å²) in [5, 5.41) is 3.27. The second-order valence-corrected chi connectivity index (χ2v) is 6.01. The maximum absolute atomic E-state index is 6.00. The van der Waals surface area contributed by atoms with Crippen molar-refractivity contribution in [3.05, 3.63) is 0 Å². The Hall–Kier alpha value is -0.120. The predicted octanol–water partition coefficient (Wildman–Crippen LogP) is 1.19. The third kappa shape index (κ3) is 5.50. The average Bonchev–Trinajstić information content (AvgIpc) is 2.99. The molecule has 0 aromatic heterocycles. The summed E-state index contributed by atoms with van der Waals surface area (Å²) in [4.78, 5) is 6.98. The van der Waals surface area contributed by atoms with Crippen molar-refractivity contribution in [3.8, 4) is 0 Å². The molecule has 0 aliphatic carbocycles. The molecule has 0 amide bonds. The molecule has 6 nitrogen and oxygen atoms in total. The Morgan fingerprint density at radius 2 is 2.18 bits per heavy atom. The number of nitrogens with two attached hydrogens (primary N) is 1. The minimum absolute atomic E-state index is 0. The van der Waals surface area contributed by atoms with Gasteiger partial charge in [0.25, 0.3) is 0 Å². The Balaban J connectivity index is 0.00000242. The number of hydrogen-bond acceptors (Lipinski definition) is 4. The highest BCUT2D eigenvalue weighted by Gasteiger charge is 2.32. The number of guanidine groups is 1. The fourth-order valence-electron chi connectivity index (χ4n) is 3.22. The number of ether oxygens (including phenoxy) is 2. The Morgan fingerprint density at radius 3 is 2.82 bits per heavy atom. The zero-order valence-electron chi connectivity index (χ0n) is 13.8. The molecule has 1 atom stereocenters. The van der Waals surface area contributed by atoms with E-state index in [1.54, 1.807) is 7.11 Å². The number of aliphatic imine (C=N–C) groups is 1. The number of methoxy groups -OCH3 is 1. The van der Waals surface area contributed by atoms with Gasteiger partial charge in [0.2, 0.25) is 0 Å². The molecular weight excluding hydrogens is 395 g/mol. The van der Waals surface area contributed by atoms with Gasteiger partial charge in [-0.25, -0.2) is 0 Å². The number of nitrogens with one attached hydrogen (secondary N) is 1. The highest BCUT2D eigenvalue weighted by molar-refractivity contribution is 14.0. The van der Waals surface area contributed by atoms with Crippen molar-refractivity contribution in [2.24, 2.45) is 10.7 Å². The minimum atomic E-state index is -0.201. The van der Waals surface area contributed by atoms with Gasteiger partial charge in [-0.15, -0.1) is 24.0 Å². The van der Waals surface area contributed by atoms with Crippen LogP contribution >= 0.6 is 24.0 Å². The van der Waals surface area contributed by atoms with E-state index >= 15 is 0 Å². The highest BCUT2D eigenvalue weighted by Crippen LogP contribution is 2.24. The monoisotopic (exact) mass is 426 g/mol. The van der Waals surface area contributed by atoms with Gasteiger partial charge in [0, 0.05) is 45.8 Å². The van der Waals surface area contributed by atoms with Crippen LogP contribution in [0.1, 0.15) is 32.6 Å². The van der Waals surface area contributed by atoms with Gasteiger partial charge in [0.1, 0.15) is 0 Å². The lowest BCUT2D eigenvalue weighted by Gasteiger charge is -2.34. The van der Waals surface area contributed by atoms with Gasteiger partial charge in [0.05, 0.1) is 12.1 Å². The number of likely N-dealkylation sites (tertiary alicyclic amines) is 1. The van der Waals surface area contributed by atoms with Crippen molar-refractivity contribution in [2.75, 3.05) is 46.5 Å². The van der Waals surface area contributed by atoms with Crippen molar-refractivity contribution >= 4 is 29.9 Å². The highest BCUT2D eigenvalue weighted by atomic mass is 127. The smallest absolute Gasteiger partial charge is 0.188 e. The fourth-order valence-corrected chi connectivity index (χ4v) is 3.22. The molecule has 1 unspecified atom stereocenters. The summed E-state index contributed by atoms with van der Waals surface area (Å²) in [6.07, 6.45) is 4.29. The van der Waals surface area contributed by atoms with E-state index in [0.29, 0.717) is 18.5 Å². The van der Waals surface area contributed by atoms with E-state index in [0.717, 1.165) is 39.1 Å². The number of nitrogens with zero attached hydrogens (tertiary/aromatic N) is 2. The molecule has 0 aromatic rings. The van der Waals surface area contributed by atoms with Gasteiger partial charge < -0.3 is 20.5 Å². The number of rotatable bonds is 6. The fraction of sp³-hybridized carbons (Fsp3) is 0.933. The molecule has 2 fully saturated rings. The number of halogens is 1. The number of likely N-dealkylation sites (N-methyl/N-ethyl adjacent to an activating group) is 1. The quantitative estimate of drug-likeness (QED) is 0.379. The predicted molar refractivity (Wildman–Crippen MR) is 100.0 cm³/mol. The molecular formula is C15H31IN4O2. The zero-order chi connectivity index (χ0) is 15.1. The molecule has 0 aromatic carbocycles. The molecule has 3 N–H and O–H groups in total. The van der Waals surface area contributed by atoms with Crippen LogP contribution < -0.4 is 11.1 Å². The lowest BCUT2D eigenvalue weighted by Crippen LogP contribution is -2.45. The Bertz CT molecular complexity index is 348. The Labute approximate surface area is 151 Å². The summed E-state index contributed by atoms with van der Waals surface area (Å²) < 4.78 is 11.1. The van der Waals surface area contributed by atoms with E-state index in [2.05, 4.69) is 22.1 Å². The summed E-state index contributed by atoms with van der Waals surface area (Å²) in [5.41, 5.74) is 5.80. The molecule has 2 rings (SSSR count). The summed E-state index contributed by atoms with van der Waals surface area (Å²) in [7, 11) is 1.75. The van der Waals surface area contributed by atoms with Crippen molar-refractivity contribution in [3.63, 3.8) is 0 Å². The van der Waals surface area contributed by atoms with E-state index in [-0.39, 0.29) is 29.6 Å².